The number of benzene rings is 1. The predicted molar refractivity (Wildman–Crippen MR) is 91.9 cm³/mol. The van der Waals surface area contributed by atoms with Gasteiger partial charge >= 0.3 is 12.0 Å². The highest BCUT2D eigenvalue weighted by molar-refractivity contribution is 9.10. The Balaban J connectivity index is 1.80. The van der Waals surface area contributed by atoms with Crippen LogP contribution in [0.1, 0.15) is 31.4 Å². The molecule has 0 bridgehead atoms. The molecule has 0 radical (unpaired) electrons. The molecule has 3 atom stereocenters. The van der Waals surface area contributed by atoms with Crippen LogP contribution in [-0.2, 0) is 14.3 Å². The molecule has 1 saturated heterocycles. The standard InChI is InChI=1S/C17H19BrN2O4/c1-10-14(16(21)24-9-11-5-4-8-23-11)15(20-17(22)19-10)12-6-2-3-7-13(12)18/h2-3,6-7,11,14-15H,4-5,8-9H2,1H3,(H,20,22). The number of nitrogens with one attached hydrogen (secondary N) is 1. The summed E-state index contributed by atoms with van der Waals surface area (Å²) in [5.74, 6) is -1.05. The molecule has 24 heavy (non-hydrogen) atoms. The van der Waals surface area contributed by atoms with E-state index in [0.29, 0.717) is 12.3 Å². The zero-order valence-electron chi connectivity index (χ0n) is 13.3. The second kappa shape index (κ2) is 7.44. The molecule has 1 aromatic rings. The van der Waals surface area contributed by atoms with Gasteiger partial charge in [-0.05, 0) is 31.4 Å². The summed E-state index contributed by atoms with van der Waals surface area (Å²) in [5, 5.41) is 2.77. The molecule has 2 aliphatic heterocycles. The minimum Gasteiger partial charge on any atom is -0.462 e. The molecule has 2 aliphatic rings. The number of halogens is 1. The van der Waals surface area contributed by atoms with Crippen molar-refractivity contribution in [2.75, 3.05) is 13.2 Å². The maximum Gasteiger partial charge on any atom is 0.341 e. The highest BCUT2D eigenvalue weighted by Gasteiger charge is 2.39. The van der Waals surface area contributed by atoms with Crippen molar-refractivity contribution >= 4 is 33.6 Å². The highest BCUT2D eigenvalue weighted by Crippen LogP contribution is 2.32. The van der Waals surface area contributed by atoms with Crippen molar-refractivity contribution < 1.29 is 19.1 Å². The van der Waals surface area contributed by atoms with E-state index in [-0.39, 0.29) is 12.7 Å². The van der Waals surface area contributed by atoms with E-state index in [1.165, 1.54) is 0 Å². The van der Waals surface area contributed by atoms with Gasteiger partial charge in [0.05, 0.1) is 12.1 Å². The first-order valence-electron chi connectivity index (χ1n) is 7.94. The molecule has 2 amide bonds. The first kappa shape index (κ1) is 17.1. The molecular weight excluding hydrogens is 376 g/mol. The zero-order chi connectivity index (χ0) is 17.1. The Morgan fingerprint density at radius 2 is 2.25 bits per heavy atom. The second-order valence-electron chi connectivity index (χ2n) is 5.94. The number of hydrogen-bond acceptors (Lipinski definition) is 4. The fourth-order valence-electron chi connectivity index (χ4n) is 3.05. The SMILES string of the molecule is CC1=NC(=O)NC(c2ccccc2Br)C1C(=O)OCC1CCCO1. The van der Waals surface area contributed by atoms with E-state index in [9.17, 15) is 9.59 Å². The minimum absolute atomic E-state index is 0.0358. The fraction of sp³-hybridized carbons (Fsp3) is 0.471. The molecular formula is C17H19BrN2O4. The summed E-state index contributed by atoms with van der Waals surface area (Å²) >= 11 is 3.48. The van der Waals surface area contributed by atoms with Crippen molar-refractivity contribution in [1.29, 1.82) is 0 Å². The second-order valence-corrected chi connectivity index (χ2v) is 6.80. The molecule has 0 aliphatic carbocycles. The van der Waals surface area contributed by atoms with Crippen molar-refractivity contribution in [3.8, 4) is 0 Å². The number of aliphatic imine (C=N–C) groups is 1. The normalized spacial score (nSPS) is 26.7. The van der Waals surface area contributed by atoms with E-state index in [0.717, 1.165) is 22.9 Å². The Kier molecular flexibility index (Phi) is 5.30. The lowest BCUT2D eigenvalue weighted by atomic mass is 9.88. The quantitative estimate of drug-likeness (QED) is 0.796. The lowest BCUT2D eigenvalue weighted by molar-refractivity contribution is -0.150. The average Bonchev–Trinajstić information content (AvgIpc) is 3.06. The Hall–Kier alpha value is -1.73. The summed E-state index contributed by atoms with van der Waals surface area (Å²) in [7, 11) is 0. The lowest BCUT2D eigenvalue weighted by Crippen LogP contribution is -2.44. The molecule has 2 heterocycles. The van der Waals surface area contributed by atoms with Gasteiger partial charge in [-0.3, -0.25) is 4.79 Å². The Labute approximate surface area is 148 Å². The number of carbonyl (C=O) groups excluding carboxylic acids is 2. The van der Waals surface area contributed by atoms with E-state index in [2.05, 4.69) is 26.2 Å². The monoisotopic (exact) mass is 394 g/mol. The van der Waals surface area contributed by atoms with Gasteiger partial charge in [-0.25, -0.2) is 9.79 Å². The van der Waals surface area contributed by atoms with Crippen LogP contribution < -0.4 is 5.32 Å². The van der Waals surface area contributed by atoms with Crippen molar-refractivity contribution in [1.82, 2.24) is 5.32 Å². The fourth-order valence-corrected chi connectivity index (χ4v) is 3.58. The molecule has 7 heteroatoms. The number of esters is 1. The van der Waals surface area contributed by atoms with Gasteiger partial charge in [0.1, 0.15) is 12.5 Å². The van der Waals surface area contributed by atoms with Gasteiger partial charge in [-0.1, -0.05) is 34.1 Å². The van der Waals surface area contributed by atoms with Gasteiger partial charge in [0.15, 0.2) is 0 Å². The Morgan fingerprint density at radius 1 is 1.46 bits per heavy atom. The summed E-state index contributed by atoms with van der Waals surface area (Å²) in [5.41, 5.74) is 1.27. The number of rotatable bonds is 4. The van der Waals surface area contributed by atoms with Crippen LogP contribution in [0.3, 0.4) is 0 Å². The van der Waals surface area contributed by atoms with E-state index in [4.69, 9.17) is 9.47 Å². The predicted octanol–water partition coefficient (Wildman–Crippen LogP) is 3.01. The molecule has 0 spiro atoms. The van der Waals surface area contributed by atoms with Crippen molar-refractivity contribution in [2.24, 2.45) is 10.9 Å². The highest BCUT2D eigenvalue weighted by atomic mass is 79.9. The average molecular weight is 395 g/mol. The number of urea groups is 1. The van der Waals surface area contributed by atoms with Gasteiger partial charge in [0.2, 0.25) is 0 Å². The minimum atomic E-state index is -0.650. The first-order chi connectivity index (χ1) is 11.6. The number of hydrogen-bond donors (Lipinski definition) is 1. The smallest absolute Gasteiger partial charge is 0.341 e. The summed E-state index contributed by atoms with van der Waals surface area (Å²) in [4.78, 5) is 28.3. The van der Waals surface area contributed by atoms with Crippen LogP contribution in [0.4, 0.5) is 4.79 Å². The van der Waals surface area contributed by atoms with E-state index < -0.39 is 24.0 Å². The Bertz CT molecular complexity index is 670. The third-order valence-electron chi connectivity index (χ3n) is 4.27. The van der Waals surface area contributed by atoms with Crippen LogP contribution >= 0.6 is 15.9 Å². The molecule has 3 unspecified atom stereocenters. The summed E-state index contributed by atoms with van der Waals surface area (Å²) in [6, 6.07) is 6.52. The van der Waals surface area contributed by atoms with Crippen LogP contribution in [0.5, 0.6) is 0 Å². The van der Waals surface area contributed by atoms with Gasteiger partial charge in [-0.2, -0.15) is 0 Å². The van der Waals surface area contributed by atoms with E-state index in [1.54, 1.807) is 6.92 Å². The van der Waals surface area contributed by atoms with E-state index >= 15 is 0 Å². The molecule has 6 nitrogen and oxygen atoms in total. The largest absolute Gasteiger partial charge is 0.462 e. The van der Waals surface area contributed by atoms with Gasteiger partial charge in [-0.15, -0.1) is 0 Å². The molecule has 128 valence electrons. The van der Waals surface area contributed by atoms with Crippen molar-refractivity contribution in [2.45, 2.75) is 31.9 Å². The molecule has 3 rings (SSSR count). The van der Waals surface area contributed by atoms with Crippen LogP contribution in [0, 0.1) is 5.92 Å². The van der Waals surface area contributed by atoms with Crippen molar-refractivity contribution in [3.63, 3.8) is 0 Å². The van der Waals surface area contributed by atoms with Gasteiger partial charge in [0.25, 0.3) is 0 Å². The van der Waals surface area contributed by atoms with Crippen LogP contribution in [0.2, 0.25) is 0 Å². The maximum atomic E-state index is 12.6. The molecule has 1 N–H and O–H groups in total. The number of nitrogens with zero attached hydrogens (tertiary/aromatic N) is 1. The van der Waals surface area contributed by atoms with Gasteiger partial charge < -0.3 is 14.8 Å². The third kappa shape index (κ3) is 3.67. The Morgan fingerprint density at radius 3 is 2.96 bits per heavy atom. The van der Waals surface area contributed by atoms with Crippen molar-refractivity contribution in [3.05, 3.63) is 34.3 Å². The summed E-state index contributed by atoms with van der Waals surface area (Å²) in [6.45, 7) is 2.63. The van der Waals surface area contributed by atoms with E-state index in [1.807, 2.05) is 24.3 Å². The molecule has 1 aromatic carbocycles. The van der Waals surface area contributed by atoms with Crippen LogP contribution in [0.25, 0.3) is 0 Å². The number of carbonyl (C=O) groups is 2. The van der Waals surface area contributed by atoms with Gasteiger partial charge in [0, 0.05) is 16.8 Å². The van der Waals surface area contributed by atoms with Crippen LogP contribution in [-0.4, -0.2) is 37.0 Å². The third-order valence-corrected chi connectivity index (χ3v) is 4.99. The number of ether oxygens (including phenoxy) is 2. The maximum absolute atomic E-state index is 12.6. The molecule has 0 aromatic heterocycles. The summed E-state index contributed by atoms with van der Waals surface area (Å²) in [6.07, 6.45) is 1.85. The molecule has 0 saturated carbocycles. The lowest BCUT2D eigenvalue weighted by Gasteiger charge is -2.30. The molecule has 1 fully saturated rings. The zero-order valence-corrected chi connectivity index (χ0v) is 14.9. The van der Waals surface area contributed by atoms with Crippen LogP contribution in [0.15, 0.2) is 33.7 Å². The number of amides is 2. The first-order valence-corrected chi connectivity index (χ1v) is 8.74. The topological polar surface area (TPSA) is 77.0 Å². The summed E-state index contributed by atoms with van der Waals surface area (Å²) < 4.78 is 11.8.